The lowest BCUT2D eigenvalue weighted by Crippen LogP contribution is -2.29. The third-order valence-corrected chi connectivity index (χ3v) is 4.36. The molecule has 0 N–H and O–H groups in total. The third-order valence-electron chi connectivity index (χ3n) is 4.36. The first-order valence-corrected chi connectivity index (χ1v) is 8.26. The summed E-state index contributed by atoms with van der Waals surface area (Å²) in [5.74, 6) is 2.12. The zero-order valence-corrected chi connectivity index (χ0v) is 14.1. The van der Waals surface area contributed by atoms with Crippen LogP contribution >= 0.6 is 0 Å². The highest BCUT2D eigenvalue weighted by Crippen LogP contribution is 2.36. The molecule has 5 heteroatoms. The molecule has 1 unspecified atom stereocenters. The van der Waals surface area contributed by atoms with Crippen molar-refractivity contribution in [1.82, 2.24) is 0 Å². The molecule has 126 valence electrons. The van der Waals surface area contributed by atoms with Crippen LogP contribution in [-0.4, -0.2) is 38.2 Å². The van der Waals surface area contributed by atoms with Crippen molar-refractivity contribution in [1.29, 1.82) is 0 Å². The van der Waals surface area contributed by atoms with Crippen LogP contribution in [0, 0.1) is 5.92 Å². The molecule has 2 heterocycles. The molecule has 0 aromatic heterocycles. The van der Waals surface area contributed by atoms with Crippen LogP contribution in [0.25, 0.3) is 0 Å². The van der Waals surface area contributed by atoms with Crippen LogP contribution in [-0.2, 0) is 9.57 Å². The second-order valence-corrected chi connectivity index (χ2v) is 6.69. The van der Waals surface area contributed by atoms with Gasteiger partial charge in [-0.05, 0) is 30.5 Å². The largest absolute Gasteiger partial charge is 0.493 e. The molecule has 23 heavy (non-hydrogen) atoms. The predicted molar refractivity (Wildman–Crippen MR) is 88.4 cm³/mol. The van der Waals surface area contributed by atoms with Crippen LogP contribution in [0.5, 0.6) is 11.5 Å². The molecule has 5 nitrogen and oxygen atoms in total. The van der Waals surface area contributed by atoms with Gasteiger partial charge in [-0.1, -0.05) is 19.0 Å². The molecule has 1 aromatic rings. The number of benzene rings is 1. The summed E-state index contributed by atoms with van der Waals surface area (Å²) in [7, 11) is 1.66. The fourth-order valence-electron chi connectivity index (χ4n) is 2.85. The predicted octanol–water partition coefficient (Wildman–Crippen LogP) is 3.40. The van der Waals surface area contributed by atoms with Crippen molar-refractivity contribution in [3.8, 4) is 11.5 Å². The van der Waals surface area contributed by atoms with Crippen molar-refractivity contribution in [3.63, 3.8) is 0 Å². The molecule has 1 aromatic carbocycles. The van der Waals surface area contributed by atoms with Gasteiger partial charge in [0.2, 0.25) is 0 Å². The van der Waals surface area contributed by atoms with Gasteiger partial charge >= 0.3 is 0 Å². The van der Waals surface area contributed by atoms with Crippen LogP contribution in [0.15, 0.2) is 23.4 Å². The summed E-state index contributed by atoms with van der Waals surface area (Å²) in [5.41, 5.74) is 1.72. The Morgan fingerprint density at radius 3 is 2.87 bits per heavy atom. The fourth-order valence-corrected chi connectivity index (χ4v) is 2.85. The van der Waals surface area contributed by atoms with Crippen LogP contribution in [0.3, 0.4) is 0 Å². The average molecular weight is 319 g/mol. The molecule has 0 amide bonds. The summed E-state index contributed by atoms with van der Waals surface area (Å²) < 4.78 is 16.8. The Labute approximate surface area is 137 Å². The Bertz CT molecular complexity index is 576. The molecule has 1 atom stereocenters. The zero-order chi connectivity index (χ0) is 16.3. The summed E-state index contributed by atoms with van der Waals surface area (Å²) in [6, 6.07) is 5.93. The third kappa shape index (κ3) is 3.61. The standard InChI is InChI=1S/C18H25NO4/c1-13(2)6-8-22-17-10-14(4-5-16(17)20-3)15-11-18(23-19-15)7-9-21-12-18/h4-5,10,13H,6-9,11-12H2,1-3H3. The van der Waals surface area contributed by atoms with E-state index < -0.39 is 0 Å². The van der Waals surface area contributed by atoms with Gasteiger partial charge in [-0.2, -0.15) is 0 Å². The topological polar surface area (TPSA) is 49.3 Å². The average Bonchev–Trinajstić information content (AvgIpc) is 3.17. The maximum Gasteiger partial charge on any atom is 0.168 e. The van der Waals surface area contributed by atoms with Crippen molar-refractivity contribution < 1.29 is 19.0 Å². The summed E-state index contributed by atoms with van der Waals surface area (Å²) in [4.78, 5) is 5.67. The molecule has 0 aliphatic carbocycles. The lowest BCUT2D eigenvalue weighted by atomic mass is 9.93. The molecule has 0 radical (unpaired) electrons. The maximum atomic E-state index is 5.91. The van der Waals surface area contributed by atoms with Crippen LogP contribution in [0.1, 0.15) is 38.7 Å². The second-order valence-electron chi connectivity index (χ2n) is 6.69. The lowest BCUT2D eigenvalue weighted by molar-refractivity contribution is -0.0237. The minimum absolute atomic E-state index is 0.256. The van der Waals surface area contributed by atoms with Gasteiger partial charge in [0.05, 0.1) is 32.6 Å². The Hall–Kier alpha value is -1.75. The van der Waals surface area contributed by atoms with Crippen molar-refractivity contribution >= 4 is 5.71 Å². The molecule has 0 saturated carbocycles. The minimum Gasteiger partial charge on any atom is -0.493 e. The van der Waals surface area contributed by atoms with E-state index in [1.165, 1.54) is 0 Å². The highest BCUT2D eigenvalue weighted by molar-refractivity contribution is 6.02. The van der Waals surface area contributed by atoms with Crippen molar-refractivity contribution in [2.24, 2.45) is 11.1 Å². The number of hydrogen-bond donors (Lipinski definition) is 0. The first kappa shape index (κ1) is 16.1. The molecular formula is C18H25NO4. The molecule has 2 aliphatic heterocycles. The summed E-state index contributed by atoms with van der Waals surface area (Å²) >= 11 is 0. The zero-order valence-electron chi connectivity index (χ0n) is 14.1. The van der Waals surface area contributed by atoms with Gasteiger partial charge in [-0.25, -0.2) is 0 Å². The maximum absolute atomic E-state index is 5.91. The summed E-state index contributed by atoms with van der Waals surface area (Å²) in [5, 5.41) is 4.29. The number of rotatable bonds is 6. The first-order valence-electron chi connectivity index (χ1n) is 8.26. The molecule has 3 rings (SSSR count). The Morgan fingerprint density at radius 2 is 2.17 bits per heavy atom. The van der Waals surface area contributed by atoms with E-state index in [4.69, 9.17) is 19.0 Å². The molecule has 1 spiro atoms. The van der Waals surface area contributed by atoms with E-state index in [-0.39, 0.29) is 5.60 Å². The highest BCUT2D eigenvalue weighted by Gasteiger charge is 2.43. The van der Waals surface area contributed by atoms with Crippen molar-refractivity contribution in [3.05, 3.63) is 23.8 Å². The van der Waals surface area contributed by atoms with E-state index in [1.807, 2.05) is 18.2 Å². The lowest BCUT2D eigenvalue weighted by Gasteiger charge is -2.17. The van der Waals surface area contributed by atoms with E-state index in [2.05, 4.69) is 19.0 Å². The van der Waals surface area contributed by atoms with Crippen molar-refractivity contribution in [2.45, 2.75) is 38.7 Å². The molecular weight excluding hydrogens is 294 g/mol. The van der Waals surface area contributed by atoms with Gasteiger partial charge in [0.25, 0.3) is 0 Å². The highest BCUT2D eigenvalue weighted by atomic mass is 16.7. The molecule has 1 saturated heterocycles. The monoisotopic (exact) mass is 319 g/mol. The van der Waals surface area contributed by atoms with Gasteiger partial charge < -0.3 is 19.0 Å². The van der Waals surface area contributed by atoms with E-state index in [1.54, 1.807) is 7.11 Å². The number of ether oxygens (including phenoxy) is 3. The molecule has 1 fully saturated rings. The quantitative estimate of drug-likeness (QED) is 0.806. The van der Waals surface area contributed by atoms with E-state index in [0.717, 1.165) is 48.6 Å². The van der Waals surface area contributed by atoms with Crippen LogP contribution in [0.4, 0.5) is 0 Å². The summed E-state index contributed by atoms with van der Waals surface area (Å²) in [6.45, 7) is 6.41. The van der Waals surface area contributed by atoms with Gasteiger partial charge in [0.15, 0.2) is 17.1 Å². The molecule has 0 bridgehead atoms. The van der Waals surface area contributed by atoms with Crippen LogP contribution < -0.4 is 9.47 Å². The van der Waals surface area contributed by atoms with Gasteiger partial charge in [0, 0.05) is 18.4 Å². The Balaban J connectivity index is 1.73. The minimum atomic E-state index is -0.256. The van der Waals surface area contributed by atoms with Gasteiger partial charge in [0.1, 0.15) is 0 Å². The number of hydrogen-bond acceptors (Lipinski definition) is 5. The molecule has 2 aliphatic rings. The number of nitrogens with zero attached hydrogens (tertiary/aromatic N) is 1. The Morgan fingerprint density at radius 1 is 1.30 bits per heavy atom. The number of oxime groups is 1. The SMILES string of the molecule is COc1ccc(C2=NOC3(CCOC3)C2)cc1OCCC(C)C. The van der Waals surface area contributed by atoms with Crippen LogP contribution in [0.2, 0.25) is 0 Å². The number of methoxy groups -OCH3 is 1. The van der Waals surface area contributed by atoms with E-state index in [0.29, 0.717) is 19.1 Å². The van der Waals surface area contributed by atoms with Gasteiger partial charge in [-0.3, -0.25) is 0 Å². The second kappa shape index (κ2) is 6.79. The summed E-state index contributed by atoms with van der Waals surface area (Å²) in [6.07, 6.45) is 2.69. The smallest absolute Gasteiger partial charge is 0.168 e. The van der Waals surface area contributed by atoms with Gasteiger partial charge in [-0.15, -0.1) is 0 Å². The fraction of sp³-hybridized carbons (Fsp3) is 0.611. The van der Waals surface area contributed by atoms with E-state index in [9.17, 15) is 0 Å². The normalized spacial score (nSPS) is 23.2. The first-order chi connectivity index (χ1) is 11.1. The Kier molecular flexibility index (Phi) is 4.76. The van der Waals surface area contributed by atoms with E-state index >= 15 is 0 Å². The van der Waals surface area contributed by atoms with Crippen molar-refractivity contribution in [2.75, 3.05) is 26.9 Å².